The summed E-state index contributed by atoms with van der Waals surface area (Å²) in [5.74, 6) is 0.0744. The highest BCUT2D eigenvalue weighted by atomic mass is 16.5. The Hall–Kier alpha value is -3.68. The van der Waals surface area contributed by atoms with Crippen LogP contribution in [-0.2, 0) is 11.2 Å². The Morgan fingerprint density at radius 2 is 1.71 bits per heavy atom. The topological polar surface area (TPSA) is 118 Å². The van der Waals surface area contributed by atoms with Crippen molar-refractivity contribution in [2.45, 2.75) is 13.3 Å². The molecule has 8 heteroatoms. The molecule has 0 radical (unpaired) electrons. The number of methoxy groups -OCH3 is 2. The summed E-state index contributed by atoms with van der Waals surface area (Å²) in [6, 6.07) is 7.27. The average molecular weight is 385 g/mol. The summed E-state index contributed by atoms with van der Waals surface area (Å²) in [5, 5.41) is 22.6. The first kappa shape index (κ1) is 19.1. The van der Waals surface area contributed by atoms with E-state index in [4.69, 9.17) is 13.9 Å². The molecule has 0 spiro atoms. The molecule has 1 aromatic heterocycles. The predicted molar refractivity (Wildman–Crippen MR) is 102 cm³/mol. The lowest BCUT2D eigenvalue weighted by Gasteiger charge is -2.11. The number of phenols is 2. The smallest absolute Gasteiger partial charge is 0.340 e. The van der Waals surface area contributed by atoms with Crippen LogP contribution in [0.3, 0.4) is 0 Å². The number of fused-ring (bicyclic) bond motifs is 1. The average Bonchev–Trinajstić information content (AvgIpc) is 2.63. The maximum absolute atomic E-state index is 12.5. The van der Waals surface area contributed by atoms with E-state index < -0.39 is 11.5 Å². The number of phenolic OH excluding ortho intramolecular Hbond substituents is 2. The summed E-state index contributed by atoms with van der Waals surface area (Å²) >= 11 is 0. The Balaban J connectivity index is 1.93. The normalized spacial score (nSPS) is 10.7. The zero-order valence-corrected chi connectivity index (χ0v) is 15.5. The SMILES string of the molecule is COc1cc(NC(=O)Cc2c(C)c3c(O)cc(O)cc3oc2=O)cc(OC)c1. The third-order valence-electron chi connectivity index (χ3n) is 4.32. The number of carbonyl (C=O) groups is 1. The number of ether oxygens (including phenoxy) is 2. The fourth-order valence-electron chi connectivity index (χ4n) is 2.96. The van der Waals surface area contributed by atoms with Crippen LogP contribution >= 0.6 is 0 Å². The van der Waals surface area contributed by atoms with Crippen molar-refractivity contribution in [2.24, 2.45) is 0 Å². The number of rotatable bonds is 5. The number of anilines is 1. The first-order chi connectivity index (χ1) is 13.3. The lowest BCUT2D eigenvalue weighted by atomic mass is 10.0. The van der Waals surface area contributed by atoms with E-state index in [2.05, 4.69) is 5.32 Å². The van der Waals surface area contributed by atoms with Gasteiger partial charge in [-0.05, 0) is 12.5 Å². The van der Waals surface area contributed by atoms with Gasteiger partial charge in [-0.15, -0.1) is 0 Å². The lowest BCUT2D eigenvalue weighted by Crippen LogP contribution is -2.20. The fraction of sp³-hybridized carbons (Fsp3) is 0.200. The van der Waals surface area contributed by atoms with Crippen LogP contribution in [0.25, 0.3) is 11.0 Å². The van der Waals surface area contributed by atoms with E-state index in [0.29, 0.717) is 22.7 Å². The maximum atomic E-state index is 12.5. The fourth-order valence-corrected chi connectivity index (χ4v) is 2.96. The van der Waals surface area contributed by atoms with E-state index in [0.717, 1.165) is 6.07 Å². The van der Waals surface area contributed by atoms with Crippen molar-refractivity contribution in [3.05, 3.63) is 51.9 Å². The molecule has 3 N–H and O–H groups in total. The first-order valence-electron chi connectivity index (χ1n) is 8.33. The van der Waals surface area contributed by atoms with E-state index in [1.165, 1.54) is 20.3 Å². The van der Waals surface area contributed by atoms with E-state index in [-0.39, 0.29) is 34.5 Å². The number of benzene rings is 2. The van der Waals surface area contributed by atoms with Crippen molar-refractivity contribution in [2.75, 3.05) is 19.5 Å². The Bertz CT molecular complexity index is 1100. The van der Waals surface area contributed by atoms with Crippen LogP contribution in [0.5, 0.6) is 23.0 Å². The standard InChI is InChI=1S/C20H19NO7/c1-10-15(20(25)28-17-7-12(22)6-16(23)19(10)17)9-18(24)21-11-4-13(26-2)8-14(5-11)27-3/h4-8,22-23H,9H2,1-3H3,(H,21,24). The van der Waals surface area contributed by atoms with Gasteiger partial charge in [-0.3, -0.25) is 4.79 Å². The quantitative estimate of drug-likeness (QED) is 0.578. The van der Waals surface area contributed by atoms with Crippen molar-refractivity contribution < 1.29 is 28.9 Å². The highest BCUT2D eigenvalue weighted by Crippen LogP contribution is 2.32. The molecule has 0 bridgehead atoms. The second-order valence-electron chi connectivity index (χ2n) is 6.16. The highest BCUT2D eigenvalue weighted by molar-refractivity contribution is 5.94. The largest absolute Gasteiger partial charge is 0.508 e. The lowest BCUT2D eigenvalue weighted by molar-refractivity contribution is -0.115. The molecule has 0 aliphatic heterocycles. The third kappa shape index (κ3) is 3.71. The number of hydrogen-bond donors (Lipinski definition) is 3. The van der Waals surface area contributed by atoms with Gasteiger partial charge in [-0.25, -0.2) is 4.79 Å². The zero-order chi connectivity index (χ0) is 20.4. The number of aryl methyl sites for hydroxylation is 1. The van der Waals surface area contributed by atoms with Crippen molar-refractivity contribution in [3.8, 4) is 23.0 Å². The van der Waals surface area contributed by atoms with Crippen LogP contribution in [0.2, 0.25) is 0 Å². The van der Waals surface area contributed by atoms with Gasteiger partial charge in [0.15, 0.2) is 0 Å². The van der Waals surface area contributed by atoms with Crippen LogP contribution in [0.4, 0.5) is 5.69 Å². The third-order valence-corrected chi connectivity index (χ3v) is 4.32. The van der Waals surface area contributed by atoms with E-state index in [9.17, 15) is 19.8 Å². The van der Waals surface area contributed by atoms with Gasteiger partial charge in [0.2, 0.25) is 5.91 Å². The minimum Gasteiger partial charge on any atom is -0.508 e. The number of aromatic hydroxyl groups is 2. The van der Waals surface area contributed by atoms with Crippen molar-refractivity contribution in [1.29, 1.82) is 0 Å². The van der Waals surface area contributed by atoms with Gasteiger partial charge in [0.1, 0.15) is 28.6 Å². The molecule has 0 fully saturated rings. The summed E-state index contributed by atoms with van der Waals surface area (Å²) in [6.07, 6.45) is -0.260. The van der Waals surface area contributed by atoms with E-state index in [1.807, 2.05) is 0 Å². The molecule has 1 heterocycles. The van der Waals surface area contributed by atoms with Gasteiger partial charge in [-0.1, -0.05) is 0 Å². The first-order valence-corrected chi connectivity index (χ1v) is 8.33. The molecule has 1 amide bonds. The zero-order valence-electron chi connectivity index (χ0n) is 15.5. The molecule has 0 unspecified atom stereocenters. The van der Waals surface area contributed by atoms with Gasteiger partial charge in [-0.2, -0.15) is 0 Å². The molecule has 146 valence electrons. The number of amides is 1. The van der Waals surface area contributed by atoms with Gasteiger partial charge in [0.05, 0.1) is 31.6 Å². The molecule has 8 nitrogen and oxygen atoms in total. The minimum atomic E-state index is -0.714. The molecular weight excluding hydrogens is 366 g/mol. The Morgan fingerprint density at radius 1 is 1.07 bits per heavy atom. The Labute approximate surface area is 159 Å². The molecule has 0 saturated heterocycles. The number of hydrogen-bond acceptors (Lipinski definition) is 7. The molecular formula is C20H19NO7. The summed E-state index contributed by atoms with van der Waals surface area (Å²) in [4.78, 5) is 24.8. The van der Waals surface area contributed by atoms with E-state index in [1.54, 1.807) is 25.1 Å². The van der Waals surface area contributed by atoms with Crippen LogP contribution in [0.1, 0.15) is 11.1 Å². The van der Waals surface area contributed by atoms with Crippen molar-refractivity contribution >= 4 is 22.6 Å². The Kier molecular flexibility index (Phi) is 5.12. The van der Waals surface area contributed by atoms with Gasteiger partial charge >= 0.3 is 5.63 Å². The van der Waals surface area contributed by atoms with Crippen LogP contribution in [0, 0.1) is 6.92 Å². The van der Waals surface area contributed by atoms with Crippen LogP contribution in [0.15, 0.2) is 39.5 Å². The summed E-state index contributed by atoms with van der Waals surface area (Å²) < 4.78 is 15.5. The molecule has 28 heavy (non-hydrogen) atoms. The minimum absolute atomic E-state index is 0.0432. The van der Waals surface area contributed by atoms with Gasteiger partial charge < -0.3 is 29.4 Å². The number of nitrogens with one attached hydrogen (secondary N) is 1. The van der Waals surface area contributed by atoms with Crippen molar-refractivity contribution in [3.63, 3.8) is 0 Å². The molecule has 2 aromatic carbocycles. The molecule has 0 atom stereocenters. The molecule has 0 saturated carbocycles. The highest BCUT2D eigenvalue weighted by Gasteiger charge is 2.18. The molecule has 0 aliphatic rings. The predicted octanol–water partition coefficient (Wildman–Crippen LogP) is 2.71. The second-order valence-corrected chi connectivity index (χ2v) is 6.16. The Morgan fingerprint density at radius 3 is 2.32 bits per heavy atom. The molecule has 3 aromatic rings. The maximum Gasteiger partial charge on any atom is 0.340 e. The monoisotopic (exact) mass is 385 g/mol. The van der Waals surface area contributed by atoms with Crippen LogP contribution in [-0.4, -0.2) is 30.3 Å². The van der Waals surface area contributed by atoms with Gasteiger partial charge in [0, 0.05) is 36.0 Å². The van der Waals surface area contributed by atoms with E-state index >= 15 is 0 Å². The van der Waals surface area contributed by atoms with Gasteiger partial charge in [0.25, 0.3) is 0 Å². The van der Waals surface area contributed by atoms with Crippen molar-refractivity contribution in [1.82, 2.24) is 0 Å². The van der Waals surface area contributed by atoms with Crippen LogP contribution < -0.4 is 20.4 Å². The second kappa shape index (κ2) is 7.51. The number of carbonyl (C=O) groups excluding carboxylic acids is 1. The molecule has 0 aliphatic carbocycles. The summed E-state index contributed by atoms with van der Waals surface area (Å²) in [7, 11) is 2.99. The summed E-state index contributed by atoms with van der Waals surface area (Å²) in [5.41, 5.74) is 0.287. The summed E-state index contributed by atoms with van der Waals surface area (Å²) in [6.45, 7) is 1.60. The molecule has 3 rings (SSSR count).